The molecular formula is C21H19F3N2O4S. The maximum atomic E-state index is 12.8. The predicted molar refractivity (Wildman–Crippen MR) is 110 cm³/mol. The third kappa shape index (κ3) is 5.08. The standard InChI is InChI=1S/C21H19F3N2O4S/c1-13-17(20(27)25-14-8-10-15(11-9-14)31(3,28)29)12-26(2)19(13)16-6-4-5-7-18(16)30-21(22,23)24/h4-12H,1-3H3,(H,25,27). The summed E-state index contributed by atoms with van der Waals surface area (Å²) in [5.74, 6) is -0.858. The number of nitrogens with zero attached hydrogens (tertiary/aromatic N) is 1. The van der Waals surface area contributed by atoms with Crippen molar-refractivity contribution in [1.82, 2.24) is 4.57 Å². The van der Waals surface area contributed by atoms with E-state index < -0.39 is 22.1 Å². The fourth-order valence-corrected chi connectivity index (χ4v) is 3.86. The number of aromatic nitrogens is 1. The van der Waals surface area contributed by atoms with Crippen LogP contribution in [0.5, 0.6) is 5.75 Å². The van der Waals surface area contributed by atoms with Gasteiger partial charge in [-0.2, -0.15) is 0 Å². The Morgan fingerprint density at radius 1 is 1.06 bits per heavy atom. The van der Waals surface area contributed by atoms with E-state index in [4.69, 9.17) is 0 Å². The van der Waals surface area contributed by atoms with Gasteiger partial charge in [-0.15, -0.1) is 13.2 Å². The minimum Gasteiger partial charge on any atom is -0.405 e. The minimum absolute atomic E-state index is 0.116. The molecule has 1 amide bonds. The van der Waals surface area contributed by atoms with Gasteiger partial charge in [0.1, 0.15) is 5.75 Å². The molecule has 10 heteroatoms. The number of para-hydroxylation sites is 1. The van der Waals surface area contributed by atoms with Crippen LogP contribution in [0.4, 0.5) is 18.9 Å². The molecule has 3 aromatic rings. The Labute approximate surface area is 177 Å². The maximum Gasteiger partial charge on any atom is 0.573 e. The summed E-state index contributed by atoms with van der Waals surface area (Å²) in [6.45, 7) is 1.63. The number of hydrogen-bond donors (Lipinski definition) is 1. The van der Waals surface area contributed by atoms with E-state index in [2.05, 4.69) is 10.1 Å². The van der Waals surface area contributed by atoms with E-state index in [1.165, 1.54) is 48.7 Å². The van der Waals surface area contributed by atoms with Crippen molar-refractivity contribution in [3.63, 3.8) is 0 Å². The van der Waals surface area contributed by atoms with E-state index in [0.29, 0.717) is 16.9 Å². The summed E-state index contributed by atoms with van der Waals surface area (Å²) in [5, 5.41) is 2.66. The van der Waals surface area contributed by atoms with Crippen LogP contribution in [0, 0.1) is 6.92 Å². The van der Waals surface area contributed by atoms with Gasteiger partial charge in [0.05, 0.1) is 16.2 Å². The van der Waals surface area contributed by atoms with Crippen LogP contribution in [-0.2, 0) is 16.9 Å². The molecule has 31 heavy (non-hydrogen) atoms. The summed E-state index contributed by atoms with van der Waals surface area (Å²) >= 11 is 0. The SMILES string of the molecule is Cc1c(C(=O)Nc2ccc(S(C)(=O)=O)cc2)cn(C)c1-c1ccccc1OC(F)(F)F. The third-order valence-electron chi connectivity index (χ3n) is 4.59. The number of carbonyl (C=O) groups excluding carboxylic acids is 1. The van der Waals surface area contributed by atoms with E-state index in [-0.39, 0.29) is 21.8 Å². The smallest absolute Gasteiger partial charge is 0.405 e. The number of amides is 1. The Bertz CT molecular complexity index is 1230. The van der Waals surface area contributed by atoms with Crippen molar-refractivity contribution in [1.29, 1.82) is 0 Å². The topological polar surface area (TPSA) is 77.4 Å². The Balaban J connectivity index is 1.93. The van der Waals surface area contributed by atoms with Gasteiger partial charge in [0.15, 0.2) is 9.84 Å². The summed E-state index contributed by atoms with van der Waals surface area (Å²) in [7, 11) is -1.75. The number of ether oxygens (including phenoxy) is 1. The van der Waals surface area contributed by atoms with Gasteiger partial charge < -0.3 is 14.6 Å². The summed E-state index contributed by atoms with van der Waals surface area (Å²) < 4.78 is 67.1. The highest BCUT2D eigenvalue weighted by molar-refractivity contribution is 7.90. The molecule has 0 aliphatic heterocycles. The van der Waals surface area contributed by atoms with E-state index >= 15 is 0 Å². The number of rotatable bonds is 5. The van der Waals surface area contributed by atoms with Crippen molar-refractivity contribution in [2.24, 2.45) is 7.05 Å². The summed E-state index contributed by atoms with van der Waals surface area (Å²) in [6.07, 6.45) is -2.27. The quantitative estimate of drug-likeness (QED) is 0.616. The molecule has 1 heterocycles. The first-order valence-corrected chi connectivity index (χ1v) is 10.9. The lowest BCUT2D eigenvalue weighted by Crippen LogP contribution is -2.17. The molecule has 0 aliphatic rings. The van der Waals surface area contributed by atoms with Crippen LogP contribution in [0.15, 0.2) is 59.6 Å². The largest absolute Gasteiger partial charge is 0.573 e. The van der Waals surface area contributed by atoms with Crippen LogP contribution in [-0.4, -0.2) is 31.5 Å². The molecule has 0 bridgehead atoms. The van der Waals surface area contributed by atoms with Gasteiger partial charge >= 0.3 is 6.36 Å². The third-order valence-corrected chi connectivity index (χ3v) is 5.72. The van der Waals surface area contributed by atoms with E-state index in [9.17, 15) is 26.4 Å². The average Bonchev–Trinajstić information content (AvgIpc) is 2.95. The first kappa shape index (κ1) is 22.4. The summed E-state index contributed by atoms with van der Waals surface area (Å²) in [6, 6.07) is 11.4. The number of benzene rings is 2. The highest BCUT2D eigenvalue weighted by Gasteiger charge is 2.33. The number of carbonyl (C=O) groups is 1. The monoisotopic (exact) mass is 452 g/mol. The number of nitrogens with one attached hydrogen (secondary N) is 1. The van der Waals surface area contributed by atoms with Crippen LogP contribution in [0.3, 0.4) is 0 Å². The zero-order valence-electron chi connectivity index (χ0n) is 16.8. The van der Waals surface area contributed by atoms with Crippen molar-refractivity contribution in [2.45, 2.75) is 18.2 Å². The van der Waals surface area contributed by atoms with Gasteiger partial charge in [-0.3, -0.25) is 4.79 Å². The van der Waals surface area contributed by atoms with E-state index in [1.54, 1.807) is 24.6 Å². The number of alkyl halides is 3. The number of aryl methyl sites for hydroxylation is 1. The molecule has 0 unspecified atom stereocenters. The minimum atomic E-state index is -4.85. The summed E-state index contributed by atoms with van der Waals surface area (Å²) in [4.78, 5) is 12.9. The second kappa shape index (κ2) is 8.10. The average molecular weight is 452 g/mol. The van der Waals surface area contributed by atoms with Gasteiger partial charge in [-0.1, -0.05) is 12.1 Å². The Morgan fingerprint density at radius 3 is 2.26 bits per heavy atom. The van der Waals surface area contributed by atoms with Gasteiger partial charge in [0.2, 0.25) is 0 Å². The molecule has 0 saturated heterocycles. The van der Waals surface area contributed by atoms with Crippen LogP contribution in [0.2, 0.25) is 0 Å². The maximum absolute atomic E-state index is 12.8. The molecule has 6 nitrogen and oxygen atoms in total. The van der Waals surface area contributed by atoms with Crippen LogP contribution >= 0.6 is 0 Å². The Morgan fingerprint density at radius 2 is 1.68 bits per heavy atom. The predicted octanol–water partition coefficient (Wildman–Crippen LogP) is 4.55. The first-order valence-electron chi connectivity index (χ1n) is 8.99. The van der Waals surface area contributed by atoms with Gasteiger partial charge in [-0.25, -0.2) is 8.42 Å². The van der Waals surface area contributed by atoms with Crippen LogP contribution in [0.1, 0.15) is 15.9 Å². The van der Waals surface area contributed by atoms with E-state index in [1.807, 2.05) is 0 Å². The van der Waals surface area contributed by atoms with Crippen LogP contribution < -0.4 is 10.1 Å². The second-order valence-electron chi connectivity index (χ2n) is 6.92. The number of sulfone groups is 1. The van der Waals surface area contributed by atoms with Gasteiger partial charge in [0.25, 0.3) is 5.91 Å². The molecule has 0 spiro atoms. The number of hydrogen-bond acceptors (Lipinski definition) is 4. The number of anilines is 1. The molecular weight excluding hydrogens is 433 g/mol. The molecule has 0 saturated carbocycles. The number of halogens is 3. The molecule has 0 fully saturated rings. The Hall–Kier alpha value is -3.27. The van der Waals surface area contributed by atoms with Crippen molar-refractivity contribution in [3.8, 4) is 17.0 Å². The lowest BCUT2D eigenvalue weighted by Gasteiger charge is -2.14. The molecule has 0 atom stereocenters. The fourth-order valence-electron chi connectivity index (χ4n) is 3.23. The van der Waals surface area contributed by atoms with Crippen LogP contribution in [0.25, 0.3) is 11.3 Å². The van der Waals surface area contributed by atoms with E-state index in [0.717, 1.165) is 6.26 Å². The molecule has 2 aromatic carbocycles. The fraction of sp³-hybridized carbons (Fsp3) is 0.190. The second-order valence-corrected chi connectivity index (χ2v) is 8.94. The van der Waals surface area contributed by atoms with Gasteiger partial charge in [-0.05, 0) is 48.9 Å². The van der Waals surface area contributed by atoms with Crippen molar-refractivity contribution in [3.05, 3.63) is 65.9 Å². The lowest BCUT2D eigenvalue weighted by atomic mass is 10.0. The zero-order valence-corrected chi connectivity index (χ0v) is 17.6. The zero-order chi connectivity index (χ0) is 23.0. The molecule has 0 radical (unpaired) electrons. The van der Waals surface area contributed by atoms with Crippen molar-refractivity contribution >= 4 is 21.4 Å². The van der Waals surface area contributed by atoms with Crippen molar-refractivity contribution < 1.29 is 31.1 Å². The normalized spacial score (nSPS) is 11.9. The molecule has 0 aliphatic carbocycles. The molecule has 1 N–H and O–H groups in total. The molecule has 164 valence electrons. The first-order chi connectivity index (χ1) is 14.4. The summed E-state index contributed by atoms with van der Waals surface area (Å²) in [5.41, 5.74) is 1.69. The Kier molecular flexibility index (Phi) is 5.86. The lowest BCUT2D eigenvalue weighted by molar-refractivity contribution is -0.274. The molecule has 3 rings (SSSR count). The highest BCUT2D eigenvalue weighted by Crippen LogP contribution is 2.36. The van der Waals surface area contributed by atoms with Gasteiger partial charge in [0, 0.05) is 30.8 Å². The molecule has 1 aromatic heterocycles. The van der Waals surface area contributed by atoms with Crippen molar-refractivity contribution in [2.75, 3.05) is 11.6 Å². The highest BCUT2D eigenvalue weighted by atomic mass is 32.2.